The number of rotatable bonds is 6. The summed E-state index contributed by atoms with van der Waals surface area (Å²) in [6, 6.07) is 17.8. The lowest BCUT2D eigenvalue weighted by Crippen LogP contribution is -2.45. The summed E-state index contributed by atoms with van der Waals surface area (Å²) >= 11 is 5.28. The minimum Gasteiger partial charge on any atom is -0.497 e. The maximum Gasteiger partial charge on any atom is 0.231 e. The van der Waals surface area contributed by atoms with E-state index in [-0.39, 0.29) is 6.04 Å². The largest absolute Gasteiger partial charge is 0.497 e. The summed E-state index contributed by atoms with van der Waals surface area (Å²) in [4.78, 5) is 4.75. The molecule has 1 aliphatic heterocycles. The van der Waals surface area contributed by atoms with Gasteiger partial charge < -0.3 is 15.2 Å². The lowest BCUT2D eigenvalue weighted by Gasteiger charge is -2.39. The second-order valence-electron chi connectivity index (χ2n) is 6.97. The van der Waals surface area contributed by atoms with Crippen LogP contribution in [0, 0.1) is 0 Å². The van der Waals surface area contributed by atoms with Gasteiger partial charge in [-0.05, 0) is 42.8 Å². The van der Waals surface area contributed by atoms with Crippen molar-refractivity contribution in [1.82, 2.24) is 9.99 Å². The minimum absolute atomic E-state index is 0.109. The number of hydrogen-bond acceptors (Lipinski definition) is 6. The first-order valence-electron chi connectivity index (χ1n) is 9.30. The number of hydrazone groups is 1. The van der Waals surface area contributed by atoms with Gasteiger partial charge in [0.2, 0.25) is 5.72 Å². The van der Waals surface area contributed by atoms with Gasteiger partial charge in [-0.1, -0.05) is 36.5 Å². The van der Waals surface area contributed by atoms with Crippen LogP contribution < -0.4 is 10.5 Å². The van der Waals surface area contributed by atoms with Crippen molar-refractivity contribution in [3.8, 4) is 5.75 Å². The standard InChI is InChI=1S/C22H22N4O2S/c1-15(16-5-3-7-19(12-16)27-2)26-22(13-21(23)29,28-14-25-26)18-8-9-20-17(11-18)6-4-10-24-20/h3-12,14-15H,13H2,1-2H3,(H2,23,29). The van der Waals surface area contributed by atoms with E-state index >= 15 is 0 Å². The molecule has 2 atom stereocenters. The Balaban J connectivity index is 1.80. The van der Waals surface area contributed by atoms with Crippen molar-refractivity contribution in [3.05, 3.63) is 71.9 Å². The summed E-state index contributed by atoms with van der Waals surface area (Å²) in [5.74, 6) is 0.787. The van der Waals surface area contributed by atoms with Gasteiger partial charge in [-0.2, -0.15) is 0 Å². The van der Waals surface area contributed by atoms with Crippen LogP contribution in [0.25, 0.3) is 10.9 Å². The van der Waals surface area contributed by atoms with Gasteiger partial charge in [0, 0.05) is 17.1 Å². The Hall–Kier alpha value is -3.19. The van der Waals surface area contributed by atoms with Crippen LogP contribution in [0.15, 0.2) is 65.9 Å². The number of fused-ring (bicyclic) bond motifs is 1. The van der Waals surface area contributed by atoms with Crippen molar-refractivity contribution < 1.29 is 9.47 Å². The fraction of sp³-hybridized carbons (Fsp3) is 0.227. The molecule has 4 rings (SSSR count). The third-order valence-electron chi connectivity index (χ3n) is 5.20. The molecule has 0 amide bonds. The molecule has 6 nitrogen and oxygen atoms in total. The Kier molecular flexibility index (Phi) is 5.07. The Morgan fingerprint density at radius 3 is 2.90 bits per heavy atom. The highest BCUT2D eigenvalue weighted by Crippen LogP contribution is 2.43. The van der Waals surface area contributed by atoms with Gasteiger partial charge >= 0.3 is 0 Å². The smallest absolute Gasteiger partial charge is 0.231 e. The highest BCUT2D eigenvalue weighted by Gasteiger charge is 2.46. The third kappa shape index (κ3) is 3.49. The molecule has 2 N–H and O–H groups in total. The molecule has 3 aromatic rings. The lowest BCUT2D eigenvalue weighted by molar-refractivity contribution is -0.0829. The van der Waals surface area contributed by atoms with E-state index in [0.29, 0.717) is 11.4 Å². The van der Waals surface area contributed by atoms with Crippen LogP contribution in [0.4, 0.5) is 0 Å². The quantitative estimate of drug-likeness (QED) is 0.621. The van der Waals surface area contributed by atoms with Crippen LogP contribution in [0.3, 0.4) is 0 Å². The molecule has 7 heteroatoms. The van der Waals surface area contributed by atoms with Crippen molar-refractivity contribution in [2.75, 3.05) is 7.11 Å². The number of nitrogens with two attached hydrogens (primary N) is 1. The van der Waals surface area contributed by atoms with Crippen LogP contribution in [0.5, 0.6) is 5.75 Å². The minimum atomic E-state index is -0.932. The predicted molar refractivity (Wildman–Crippen MR) is 118 cm³/mol. The van der Waals surface area contributed by atoms with E-state index in [1.165, 1.54) is 6.40 Å². The number of benzene rings is 2. The van der Waals surface area contributed by atoms with E-state index in [2.05, 4.69) is 23.1 Å². The Labute approximate surface area is 174 Å². The van der Waals surface area contributed by atoms with Gasteiger partial charge in [0.15, 0.2) is 6.40 Å². The summed E-state index contributed by atoms with van der Waals surface area (Å²) < 4.78 is 11.5. The maximum absolute atomic E-state index is 6.11. The van der Waals surface area contributed by atoms with Gasteiger partial charge in [0.25, 0.3) is 0 Å². The predicted octanol–water partition coefficient (Wildman–Crippen LogP) is 4.11. The fourth-order valence-electron chi connectivity index (χ4n) is 3.74. The molecule has 2 unspecified atom stereocenters. The van der Waals surface area contributed by atoms with Crippen LogP contribution in [-0.2, 0) is 10.5 Å². The molecule has 0 spiro atoms. The number of thiocarbonyl (C=S) groups is 1. The number of ether oxygens (including phenoxy) is 2. The van der Waals surface area contributed by atoms with E-state index in [1.54, 1.807) is 13.3 Å². The maximum atomic E-state index is 6.11. The lowest BCUT2D eigenvalue weighted by atomic mass is 9.94. The van der Waals surface area contributed by atoms with E-state index in [1.807, 2.05) is 53.5 Å². The second kappa shape index (κ2) is 7.67. The Morgan fingerprint density at radius 2 is 2.10 bits per heavy atom. The van der Waals surface area contributed by atoms with Gasteiger partial charge in [0.05, 0.1) is 30.1 Å². The average molecular weight is 407 g/mol. The van der Waals surface area contributed by atoms with Gasteiger partial charge in [0.1, 0.15) is 5.75 Å². The molecule has 2 heterocycles. The van der Waals surface area contributed by atoms with Crippen molar-refractivity contribution in [3.63, 3.8) is 0 Å². The zero-order valence-corrected chi connectivity index (χ0v) is 17.1. The number of hydrogen-bond donors (Lipinski definition) is 1. The first-order valence-corrected chi connectivity index (χ1v) is 9.71. The van der Waals surface area contributed by atoms with E-state index < -0.39 is 5.72 Å². The third-order valence-corrected chi connectivity index (χ3v) is 5.34. The molecule has 148 valence electrons. The summed E-state index contributed by atoms with van der Waals surface area (Å²) in [5.41, 5.74) is 7.93. The monoisotopic (exact) mass is 406 g/mol. The number of aromatic nitrogens is 1. The number of pyridine rings is 1. The molecule has 2 aromatic carbocycles. The zero-order chi connectivity index (χ0) is 20.4. The normalized spacial score (nSPS) is 19.2. The SMILES string of the molecule is COc1cccc(C(C)N2N=COC2(CC(N)=S)c2ccc3ncccc3c2)c1. The van der Waals surface area contributed by atoms with Crippen LogP contribution >= 0.6 is 12.2 Å². The van der Waals surface area contributed by atoms with Crippen LogP contribution in [0.1, 0.15) is 30.5 Å². The van der Waals surface area contributed by atoms with E-state index in [4.69, 9.17) is 27.4 Å². The van der Waals surface area contributed by atoms with Gasteiger partial charge in [-0.15, -0.1) is 5.10 Å². The first kappa shape index (κ1) is 19.1. The average Bonchev–Trinajstić information content (AvgIpc) is 3.16. The molecule has 0 radical (unpaired) electrons. The first-order chi connectivity index (χ1) is 14.0. The van der Waals surface area contributed by atoms with Crippen molar-refractivity contribution in [1.29, 1.82) is 0 Å². The Bertz CT molecular complexity index is 1090. The summed E-state index contributed by atoms with van der Waals surface area (Å²) in [7, 11) is 1.65. The highest BCUT2D eigenvalue weighted by atomic mass is 32.1. The molecule has 0 bridgehead atoms. The Morgan fingerprint density at radius 1 is 1.24 bits per heavy atom. The van der Waals surface area contributed by atoms with Gasteiger partial charge in [-0.3, -0.25) is 4.98 Å². The molecule has 0 saturated heterocycles. The van der Waals surface area contributed by atoms with Crippen molar-refractivity contribution >= 4 is 34.5 Å². The molecule has 1 aliphatic rings. The summed E-state index contributed by atoms with van der Waals surface area (Å²) in [6.07, 6.45) is 3.56. The van der Waals surface area contributed by atoms with E-state index in [0.717, 1.165) is 27.8 Å². The molecular formula is C22H22N4O2S. The molecule has 29 heavy (non-hydrogen) atoms. The summed E-state index contributed by atoms with van der Waals surface area (Å²) in [5, 5.41) is 7.47. The summed E-state index contributed by atoms with van der Waals surface area (Å²) in [6.45, 7) is 2.07. The van der Waals surface area contributed by atoms with Crippen molar-refractivity contribution in [2.24, 2.45) is 10.8 Å². The topological polar surface area (TPSA) is 73.0 Å². The van der Waals surface area contributed by atoms with E-state index in [9.17, 15) is 0 Å². The zero-order valence-electron chi connectivity index (χ0n) is 16.3. The second-order valence-corrected chi connectivity index (χ2v) is 7.50. The van der Waals surface area contributed by atoms with Crippen LogP contribution in [-0.4, -0.2) is 28.5 Å². The van der Waals surface area contributed by atoms with Crippen LogP contribution in [0.2, 0.25) is 0 Å². The molecule has 0 aliphatic carbocycles. The number of nitrogens with zero attached hydrogens (tertiary/aromatic N) is 3. The fourth-order valence-corrected chi connectivity index (χ4v) is 3.94. The molecule has 0 fully saturated rings. The van der Waals surface area contributed by atoms with Crippen molar-refractivity contribution in [2.45, 2.75) is 25.1 Å². The molecular weight excluding hydrogens is 384 g/mol. The van der Waals surface area contributed by atoms with Gasteiger partial charge in [-0.25, -0.2) is 5.01 Å². The highest BCUT2D eigenvalue weighted by molar-refractivity contribution is 7.80. The molecule has 0 saturated carbocycles. The molecule has 1 aromatic heterocycles. The number of methoxy groups -OCH3 is 1.